The van der Waals surface area contributed by atoms with Gasteiger partial charge in [-0.3, -0.25) is 4.99 Å². The smallest absolute Gasteiger partial charge is 0.104 e. The van der Waals surface area contributed by atoms with Gasteiger partial charge in [0.1, 0.15) is 5.84 Å². The van der Waals surface area contributed by atoms with Crippen molar-refractivity contribution in [3.63, 3.8) is 0 Å². The van der Waals surface area contributed by atoms with E-state index in [1.165, 1.54) is 24.8 Å². The fourth-order valence-corrected chi connectivity index (χ4v) is 1.93. The Hall–Kier alpha value is -0.790. The van der Waals surface area contributed by atoms with Crippen LogP contribution in [0.15, 0.2) is 17.1 Å². The van der Waals surface area contributed by atoms with Gasteiger partial charge < -0.3 is 5.32 Å². The van der Waals surface area contributed by atoms with Crippen LogP contribution in [0.4, 0.5) is 0 Å². The highest BCUT2D eigenvalue weighted by atomic mass is 15.1. The first-order valence-electron chi connectivity index (χ1n) is 5.94. The molecule has 0 saturated carbocycles. The average Bonchev–Trinajstić information content (AvgIpc) is 2.46. The quantitative estimate of drug-likeness (QED) is 0.690. The molecule has 0 amide bonds. The summed E-state index contributed by atoms with van der Waals surface area (Å²) in [5, 5.41) is 3.51. The third-order valence-corrected chi connectivity index (χ3v) is 2.88. The molecule has 1 atom stereocenters. The molecule has 15 heavy (non-hydrogen) atoms. The first-order chi connectivity index (χ1) is 6.96. The molecule has 0 aromatic heterocycles. The van der Waals surface area contributed by atoms with Crippen LogP contribution in [0.5, 0.6) is 0 Å². The Morgan fingerprint density at radius 1 is 1.60 bits per heavy atom. The predicted octanol–water partition coefficient (Wildman–Crippen LogP) is 3.15. The van der Waals surface area contributed by atoms with E-state index in [1.807, 2.05) is 0 Å². The van der Waals surface area contributed by atoms with E-state index < -0.39 is 0 Å². The molecule has 2 nitrogen and oxygen atoms in total. The Labute approximate surface area is 93.9 Å². The fraction of sp³-hybridized carbons (Fsp3) is 0.769. The maximum atomic E-state index is 4.61. The van der Waals surface area contributed by atoms with Crippen molar-refractivity contribution >= 4 is 5.84 Å². The summed E-state index contributed by atoms with van der Waals surface area (Å²) in [6.45, 7) is 13.7. The Morgan fingerprint density at radius 3 is 2.67 bits per heavy atom. The van der Waals surface area contributed by atoms with Gasteiger partial charge in [0, 0.05) is 5.92 Å². The second kappa shape index (κ2) is 4.82. The van der Waals surface area contributed by atoms with Crippen molar-refractivity contribution in [2.24, 2.45) is 10.9 Å². The van der Waals surface area contributed by atoms with Gasteiger partial charge in [-0.15, -0.1) is 0 Å². The van der Waals surface area contributed by atoms with Crippen LogP contribution in [-0.4, -0.2) is 17.9 Å². The molecule has 0 bridgehead atoms. The van der Waals surface area contributed by atoms with E-state index in [4.69, 9.17) is 0 Å². The Balaban J connectivity index is 2.62. The molecule has 1 unspecified atom stereocenters. The van der Waals surface area contributed by atoms with Crippen LogP contribution in [0.1, 0.15) is 47.0 Å². The van der Waals surface area contributed by atoms with Gasteiger partial charge in [-0.25, -0.2) is 0 Å². The number of unbranched alkanes of at least 4 members (excludes halogenated alkanes) is 1. The molecule has 0 spiro atoms. The van der Waals surface area contributed by atoms with Crippen LogP contribution in [-0.2, 0) is 0 Å². The minimum atomic E-state index is 0.134. The highest BCUT2D eigenvalue weighted by Crippen LogP contribution is 2.22. The first kappa shape index (κ1) is 12.3. The third kappa shape index (κ3) is 3.37. The number of aliphatic imine (C=N–C) groups is 1. The summed E-state index contributed by atoms with van der Waals surface area (Å²) in [6, 6.07) is 0. The highest BCUT2D eigenvalue weighted by molar-refractivity contribution is 5.89. The van der Waals surface area contributed by atoms with Crippen LogP contribution >= 0.6 is 0 Å². The molecule has 86 valence electrons. The summed E-state index contributed by atoms with van der Waals surface area (Å²) in [5.41, 5.74) is 1.36. The number of amidine groups is 1. The minimum Gasteiger partial charge on any atom is -0.367 e. The molecule has 0 aliphatic carbocycles. The summed E-state index contributed by atoms with van der Waals surface area (Å²) in [6.07, 6.45) is 3.66. The lowest BCUT2D eigenvalue weighted by Crippen LogP contribution is -2.42. The average molecular weight is 208 g/mol. The van der Waals surface area contributed by atoms with Gasteiger partial charge in [0.2, 0.25) is 0 Å². The van der Waals surface area contributed by atoms with E-state index in [0.29, 0.717) is 5.92 Å². The molecule has 1 aliphatic rings. The standard InChI is InChI=1S/C13H24N2/c1-6-7-8-11(10(2)3)12-14-9-13(4,5)15-12/h11H,2,6-9H2,1,3-5H3,(H,14,15). The highest BCUT2D eigenvalue weighted by Gasteiger charge is 2.29. The lowest BCUT2D eigenvalue weighted by atomic mass is 9.94. The summed E-state index contributed by atoms with van der Waals surface area (Å²) < 4.78 is 0. The number of hydrogen-bond acceptors (Lipinski definition) is 2. The summed E-state index contributed by atoms with van der Waals surface area (Å²) in [5.74, 6) is 1.59. The van der Waals surface area contributed by atoms with E-state index in [2.05, 4.69) is 44.6 Å². The van der Waals surface area contributed by atoms with E-state index in [-0.39, 0.29) is 5.54 Å². The lowest BCUT2D eigenvalue weighted by Gasteiger charge is -2.23. The SMILES string of the molecule is C=C(C)C(CCCC)C1=NCC(C)(C)N1. The van der Waals surface area contributed by atoms with Crippen LogP contribution < -0.4 is 5.32 Å². The maximum Gasteiger partial charge on any atom is 0.104 e. The molecular formula is C13H24N2. The number of nitrogens with zero attached hydrogens (tertiary/aromatic N) is 1. The molecule has 0 aromatic carbocycles. The zero-order valence-electron chi connectivity index (χ0n) is 10.6. The molecule has 0 aromatic rings. The van der Waals surface area contributed by atoms with Crippen molar-refractivity contribution in [1.29, 1.82) is 0 Å². The molecular weight excluding hydrogens is 184 g/mol. The van der Waals surface area contributed by atoms with Gasteiger partial charge in [-0.05, 0) is 27.2 Å². The topological polar surface area (TPSA) is 24.4 Å². The molecule has 0 fully saturated rings. The van der Waals surface area contributed by atoms with E-state index >= 15 is 0 Å². The van der Waals surface area contributed by atoms with Gasteiger partial charge in [0.15, 0.2) is 0 Å². The fourth-order valence-electron chi connectivity index (χ4n) is 1.93. The molecule has 0 radical (unpaired) electrons. The third-order valence-electron chi connectivity index (χ3n) is 2.88. The van der Waals surface area contributed by atoms with Crippen LogP contribution in [0.25, 0.3) is 0 Å². The first-order valence-corrected chi connectivity index (χ1v) is 5.94. The molecule has 2 heteroatoms. The van der Waals surface area contributed by atoms with Crippen molar-refractivity contribution in [1.82, 2.24) is 5.32 Å². The zero-order valence-corrected chi connectivity index (χ0v) is 10.6. The van der Waals surface area contributed by atoms with Gasteiger partial charge in [-0.2, -0.15) is 0 Å². The van der Waals surface area contributed by atoms with Crippen LogP contribution in [0.2, 0.25) is 0 Å². The summed E-state index contributed by atoms with van der Waals surface area (Å²) >= 11 is 0. The van der Waals surface area contributed by atoms with Gasteiger partial charge in [-0.1, -0.05) is 31.9 Å². The van der Waals surface area contributed by atoms with Crippen molar-refractivity contribution in [2.45, 2.75) is 52.5 Å². The molecule has 1 N–H and O–H groups in total. The van der Waals surface area contributed by atoms with Crippen molar-refractivity contribution in [2.75, 3.05) is 6.54 Å². The second-order valence-electron chi connectivity index (χ2n) is 5.25. The maximum absolute atomic E-state index is 4.61. The number of rotatable bonds is 5. The Kier molecular flexibility index (Phi) is 3.95. The van der Waals surface area contributed by atoms with E-state index in [1.54, 1.807) is 0 Å². The molecule has 1 aliphatic heterocycles. The lowest BCUT2D eigenvalue weighted by molar-refractivity contribution is 0.497. The van der Waals surface area contributed by atoms with E-state index in [0.717, 1.165) is 12.4 Å². The van der Waals surface area contributed by atoms with E-state index in [9.17, 15) is 0 Å². The normalized spacial score (nSPS) is 20.7. The molecule has 0 saturated heterocycles. The molecule has 1 heterocycles. The summed E-state index contributed by atoms with van der Waals surface area (Å²) in [7, 11) is 0. The largest absolute Gasteiger partial charge is 0.367 e. The van der Waals surface area contributed by atoms with Crippen LogP contribution in [0, 0.1) is 5.92 Å². The van der Waals surface area contributed by atoms with Gasteiger partial charge >= 0.3 is 0 Å². The number of hydrogen-bond donors (Lipinski definition) is 1. The Morgan fingerprint density at radius 2 is 2.27 bits per heavy atom. The van der Waals surface area contributed by atoms with Gasteiger partial charge in [0.25, 0.3) is 0 Å². The minimum absolute atomic E-state index is 0.134. The molecule has 1 rings (SSSR count). The Bertz CT molecular complexity index is 264. The monoisotopic (exact) mass is 208 g/mol. The summed E-state index contributed by atoms with van der Waals surface area (Å²) in [4.78, 5) is 4.61. The number of nitrogens with one attached hydrogen (secondary N) is 1. The van der Waals surface area contributed by atoms with Crippen molar-refractivity contribution < 1.29 is 0 Å². The van der Waals surface area contributed by atoms with Gasteiger partial charge in [0.05, 0.1) is 12.1 Å². The van der Waals surface area contributed by atoms with Crippen LogP contribution in [0.3, 0.4) is 0 Å². The second-order valence-corrected chi connectivity index (χ2v) is 5.25. The van der Waals surface area contributed by atoms with Crippen molar-refractivity contribution in [3.8, 4) is 0 Å². The van der Waals surface area contributed by atoms with Crippen molar-refractivity contribution in [3.05, 3.63) is 12.2 Å². The zero-order chi connectivity index (χ0) is 11.5. The predicted molar refractivity (Wildman–Crippen MR) is 67.3 cm³/mol.